The van der Waals surface area contributed by atoms with Crippen LogP contribution in [0.4, 0.5) is 0 Å². The molecule has 0 radical (unpaired) electrons. The Morgan fingerprint density at radius 1 is 1.43 bits per heavy atom. The van der Waals surface area contributed by atoms with Gasteiger partial charge in [0.05, 0.1) is 11.8 Å². The van der Waals surface area contributed by atoms with Gasteiger partial charge in [0.1, 0.15) is 5.75 Å². The molecule has 0 spiro atoms. The Bertz CT molecular complexity index is 332. The van der Waals surface area contributed by atoms with Crippen molar-refractivity contribution in [3.8, 4) is 5.75 Å². The number of ether oxygens (including phenoxy) is 1. The highest BCUT2D eigenvalue weighted by atomic mass is 16.5. The summed E-state index contributed by atoms with van der Waals surface area (Å²) < 4.78 is 5.51. The number of oxime groups is 1. The summed E-state index contributed by atoms with van der Waals surface area (Å²) in [6.07, 6.45) is 0.150. The molecule has 76 valence electrons. The second-order valence-corrected chi connectivity index (χ2v) is 3.38. The standard InChI is InChI=1S/C11H15NO2/c1-8(2)14-11-6-4-5-10(7-11)9(3)12-13/h4-8,13H,1-3H3/b12-9+. The van der Waals surface area contributed by atoms with Gasteiger partial charge in [0.15, 0.2) is 0 Å². The van der Waals surface area contributed by atoms with Crippen molar-refractivity contribution in [3.63, 3.8) is 0 Å². The van der Waals surface area contributed by atoms with Crippen molar-refractivity contribution in [2.24, 2.45) is 5.16 Å². The van der Waals surface area contributed by atoms with Crippen molar-refractivity contribution in [3.05, 3.63) is 29.8 Å². The molecule has 14 heavy (non-hydrogen) atoms. The van der Waals surface area contributed by atoms with Crippen LogP contribution in [0.3, 0.4) is 0 Å². The third-order valence-electron chi connectivity index (χ3n) is 1.77. The van der Waals surface area contributed by atoms with Crippen LogP contribution >= 0.6 is 0 Å². The molecular formula is C11H15NO2. The van der Waals surface area contributed by atoms with Gasteiger partial charge in [-0.2, -0.15) is 0 Å². The van der Waals surface area contributed by atoms with Gasteiger partial charge in [-0.05, 0) is 32.9 Å². The zero-order chi connectivity index (χ0) is 10.6. The molecule has 0 aliphatic heterocycles. The second-order valence-electron chi connectivity index (χ2n) is 3.38. The molecule has 0 aliphatic carbocycles. The van der Waals surface area contributed by atoms with Gasteiger partial charge in [-0.1, -0.05) is 17.3 Å². The molecule has 0 saturated carbocycles. The van der Waals surface area contributed by atoms with E-state index in [4.69, 9.17) is 9.94 Å². The van der Waals surface area contributed by atoms with Crippen molar-refractivity contribution in [1.82, 2.24) is 0 Å². The van der Waals surface area contributed by atoms with E-state index in [1.54, 1.807) is 6.92 Å². The lowest BCUT2D eigenvalue weighted by molar-refractivity contribution is 0.242. The highest BCUT2D eigenvalue weighted by molar-refractivity contribution is 5.98. The van der Waals surface area contributed by atoms with Crippen LogP contribution in [0.5, 0.6) is 5.75 Å². The summed E-state index contributed by atoms with van der Waals surface area (Å²) >= 11 is 0. The first kappa shape index (κ1) is 10.6. The number of rotatable bonds is 3. The molecule has 1 aromatic carbocycles. The van der Waals surface area contributed by atoms with Crippen molar-refractivity contribution in [2.75, 3.05) is 0 Å². The average Bonchev–Trinajstić information content (AvgIpc) is 2.16. The quantitative estimate of drug-likeness (QED) is 0.455. The van der Waals surface area contributed by atoms with Gasteiger partial charge in [-0.25, -0.2) is 0 Å². The monoisotopic (exact) mass is 193 g/mol. The summed E-state index contributed by atoms with van der Waals surface area (Å²) in [6, 6.07) is 7.49. The van der Waals surface area contributed by atoms with E-state index in [2.05, 4.69) is 5.16 Å². The fourth-order valence-electron chi connectivity index (χ4n) is 1.12. The molecule has 0 saturated heterocycles. The van der Waals surface area contributed by atoms with E-state index in [1.807, 2.05) is 38.1 Å². The van der Waals surface area contributed by atoms with Crippen LogP contribution in [-0.2, 0) is 0 Å². The van der Waals surface area contributed by atoms with Crippen LogP contribution in [0.25, 0.3) is 0 Å². The Morgan fingerprint density at radius 2 is 2.14 bits per heavy atom. The number of hydrogen-bond donors (Lipinski definition) is 1. The third kappa shape index (κ3) is 2.76. The molecule has 1 rings (SSSR count). The summed E-state index contributed by atoms with van der Waals surface area (Å²) in [6.45, 7) is 5.69. The normalized spacial score (nSPS) is 11.9. The maximum atomic E-state index is 8.61. The van der Waals surface area contributed by atoms with E-state index in [0.29, 0.717) is 5.71 Å². The molecule has 0 fully saturated rings. The molecule has 0 aromatic heterocycles. The predicted molar refractivity (Wildman–Crippen MR) is 56.2 cm³/mol. The van der Waals surface area contributed by atoms with Gasteiger partial charge in [-0.15, -0.1) is 0 Å². The van der Waals surface area contributed by atoms with E-state index < -0.39 is 0 Å². The van der Waals surface area contributed by atoms with Crippen molar-refractivity contribution in [1.29, 1.82) is 0 Å². The molecule has 0 heterocycles. The summed E-state index contributed by atoms with van der Waals surface area (Å²) in [7, 11) is 0. The topological polar surface area (TPSA) is 41.8 Å². The summed E-state index contributed by atoms with van der Waals surface area (Å²) in [5.41, 5.74) is 1.45. The molecule has 0 unspecified atom stereocenters. The molecule has 3 nitrogen and oxygen atoms in total. The van der Waals surface area contributed by atoms with Crippen molar-refractivity contribution in [2.45, 2.75) is 26.9 Å². The van der Waals surface area contributed by atoms with Crippen molar-refractivity contribution >= 4 is 5.71 Å². The second kappa shape index (κ2) is 4.65. The first-order chi connectivity index (χ1) is 6.63. The van der Waals surface area contributed by atoms with E-state index >= 15 is 0 Å². The van der Waals surface area contributed by atoms with Gasteiger partial charge in [0, 0.05) is 5.56 Å². The Kier molecular flexibility index (Phi) is 3.51. The number of hydrogen-bond acceptors (Lipinski definition) is 3. The van der Waals surface area contributed by atoms with Crippen LogP contribution in [0.1, 0.15) is 26.3 Å². The summed E-state index contributed by atoms with van der Waals surface area (Å²) in [4.78, 5) is 0. The molecular weight excluding hydrogens is 178 g/mol. The largest absolute Gasteiger partial charge is 0.491 e. The smallest absolute Gasteiger partial charge is 0.120 e. The lowest BCUT2D eigenvalue weighted by Gasteiger charge is -2.10. The van der Waals surface area contributed by atoms with Crippen molar-refractivity contribution < 1.29 is 9.94 Å². The van der Waals surface area contributed by atoms with Gasteiger partial charge < -0.3 is 9.94 Å². The highest BCUT2D eigenvalue weighted by Crippen LogP contribution is 2.15. The van der Waals surface area contributed by atoms with E-state index in [-0.39, 0.29) is 6.10 Å². The molecule has 0 aliphatic rings. The molecule has 0 amide bonds. The zero-order valence-corrected chi connectivity index (χ0v) is 8.69. The Labute approximate surface area is 84.0 Å². The average molecular weight is 193 g/mol. The van der Waals surface area contributed by atoms with Crippen LogP contribution < -0.4 is 4.74 Å². The minimum absolute atomic E-state index is 0.150. The van der Waals surface area contributed by atoms with Crippen LogP contribution in [0.15, 0.2) is 29.4 Å². The van der Waals surface area contributed by atoms with E-state index in [1.165, 1.54) is 0 Å². The van der Waals surface area contributed by atoms with Gasteiger partial charge in [0.25, 0.3) is 0 Å². The lowest BCUT2D eigenvalue weighted by atomic mass is 10.1. The molecule has 3 heteroatoms. The number of benzene rings is 1. The summed E-state index contributed by atoms with van der Waals surface area (Å²) in [5, 5.41) is 11.7. The Hall–Kier alpha value is -1.51. The van der Waals surface area contributed by atoms with Gasteiger partial charge in [-0.3, -0.25) is 0 Å². The lowest BCUT2D eigenvalue weighted by Crippen LogP contribution is -2.06. The van der Waals surface area contributed by atoms with Crippen LogP contribution in [-0.4, -0.2) is 17.0 Å². The molecule has 1 N–H and O–H groups in total. The van der Waals surface area contributed by atoms with Crippen LogP contribution in [0.2, 0.25) is 0 Å². The van der Waals surface area contributed by atoms with E-state index in [9.17, 15) is 0 Å². The predicted octanol–water partition coefficient (Wildman–Crippen LogP) is 2.67. The maximum absolute atomic E-state index is 8.61. The fourth-order valence-corrected chi connectivity index (χ4v) is 1.12. The first-order valence-electron chi connectivity index (χ1n) is 4.59. The zero-order valence-electron chi connectivity index (χ0n) is 8.69. The van der Waals surface area contributed by atoms with Gasteiger partial charge >= 0.3 is 0 Å². The third-order valence-corrected chi connectivity index (χ3v) is 1.77. The molecule has 0 bridgehead atoms. The summed E-state index contributed by atoms with van der Waals surface area (Å²) in [5.74, 6) is 0.792. The maximum Gasteiger partial charge on any atom is 0.120 e. The minimum Gasteiger partial charge on any atom is -0.491 e. The van der Waals surface area contributed by atoms with Crippen LogP contribution in [0, 0.1) is 0 Å². The molecule has 0 atom stereocenters. The fraction of sp³-hybridized carbons (Fsp3) is 0.364. The minimum atomic E-state index is 0.150. The number of nitrogens with zero attached hydrogens (tertiary/aromatic N) is 1. The highest BCUT2D eigenvalue weighted by Gasteiger charge is 2.01. The van der Waals surface area contributed by atoms with Gasteiger partial charge in [0.2, 0.25) is 0 Å². The molecule has 1 aromatic rings. The van der Waals surface area contributed by atoms with E-state index in [0.717, 1.165) is 11.3 Å². The first-order valence-corrected chi connectivity index (χ1v) is 4.59. The Morgan fingerprint density at radius 3 is 2.71 bits per heavy atom. The SMILES string of the molecule is C/C(=N\O)c1cccc(OC(C)C)c1. The Balaban J connectivity index is 2.90.